The van der Waals surface area contributed by atoms with Gasteiger partial charge in [0.1, 0.15) is 35.5 Å². The standard InChI is InChI=1S/C32H35N5O8S/c1-4-18-15-32(18,30(40)41)35-27(38)23-14-20(16-36(23)29(39)26(17(2)3)37(43)31(42)45-19-11-12-19)44-28-25(24-10-7-13-46-24)33-21-8-5-6-9-22(21)34-28/h4-10,13,17-20,23,26,43H,1,11-12,14-16H2,2-3H3,(H,35,38)(H,40,41)/t18-,20-,23+,26?,32?/m1/s1. The molecule has 1 saturated heterocycles. The number of nitrogens with one attached hydrogen (secondary N) is 1. The lowest BCUT2D eigenvalue weighted by Gasteiger charge is -2.33. The molecule has 13 nitrogen and oxygen atoms in total. The Labute approximate surface area is 268 Å². The molecule has 3 heterocycles. The van der Waals surface area contributed by atoms with Crippen molar-refractivity contribution in [2.24, 2.45) is 11.8 Å². The van der Waals surface area contributed by atoms with Crippen LogP contribution in [0.15, 0.2) is 54.4 Å². The van der Waals surface area contributed by atoms with E-state index in [-0.39, 0.29) is 36.4 Å². The smallest absolute Gasteiger partial charge is 0.434 e. The number of hydroxylamine groups is 2. The second-order valence-electron chi connectivity index (χ2n) is 12.3. The number of carbonyl (C=O) groups excluding carboxylic acids is 3. The number of benzene rings is 1. The Morgan fingerprint density at radius 1 is 1.13 bits per heavy atom. The normalized spacial score (nSPS) is 24.3. The average Bonchev–Trinajstić information content (AvgIpc) is 3.85. The summed E-state index contributed by atoms with van der Waals surface area (Å²) in [5, 5.41) is 25.6. The van der Waals surface area contributed by atoms with Gasteiger partial charge in [-0.1, -0.05) is 38.1 Å². The molecular weight excluding hydrogens is 614 g/mol. The molecule has 3 aliphatic rings. The quantitative estimate of drug-likeness (QED) is 0.157. The molecule has 2 aliphatic carbocycles. The molecule has 14 heteroatoms. The van der Waals surface area contributed by atoms with Crippen molar-refractivity contribution < 1.29 is 39.0 Å². The molecule has 0 radical (unpaired) electrons. The van der Waals surface area contributed by atoms with Gasteiger partial charge in [-0.3, -0.25) is 14.8 Å². The van der Waals surface area contributed by atoms with Gasteiger partial charge in [-0.15, -0.1) is 17.9 Å². The number of para-hydroxylation sites is 2. The molecule has 5 atom stereocenters. The number of likely N-dealkylation sites (tertiary alicyclic amines) is 1. The Morgan fingerprint density at radius 3 is 2.43 bits per heavy atom. The number of carboxylic acids is 1. The van der Waals surface area contributed by atoms with E-state index in [0.29, 0.717) is 29.6 Å². The van der Waals surface area contributed by atoms with Crippen LogP contribution in [-0.2, 0) is 19.1 Å². The van der Waals surface area contributed by atoms with Crippen molar-refractivity contribution >= 4 is 46.2 Å². The highest BCUT2D eigenvalue weighted by Gasteiger charge is 2.61. The SMILES string of the molecule is C=C[C@@H]1CC1(NC(=O)[C@@H]1C[C@@H](Oc2nc3ccccc3nc2-c2cccs2)CN1C(=O)C(C(C)C)N(O)C(=O)OC1CC1)C(=O)O. The Kier molecular flexibility index (Phi) is 8.42. The van der Waals surface area contributed by atoms with Crippen molar-refractivity contribution in [1.82, 2.24) is 25.2 Å². The maximum absolute atomic E-state index is 14.1. The fourth-order valence-electron chi connectivity index (χ4n) is 5.83. The maximum Gasteiger partial charge on any atom is 0.434 e. The molecule has 46 heavy (non-hydrogen) atoms. The topological polar surface area (TPSA) is 171 Å². The molecule has 3 aromatic rings. The van der Waals surface area contributed by atoms with E-state index in [2.05, 4.69) is 11.9 Å². The van der Waals surface area contributed by atoms with E-state index in [1.54, 1.807) is 19.9 Å². The fraction of sp³-hybridized carbons (Fsp3) is 0.438. The first-order valence-corrected chi connectivity index (χ1v) is 16.0. The van der Waals surface area contributed by atoms with E-state index in [1.807, 2.05) is 35.7 Å². The molecule has 6 rings (SSSR count). The van der Waals surface area contributed by atoms with Gasteiger partial charge in [-0.05, 0) is 48.8 Å². The number of hydrogen-bond acceptors (Lipinski definition) is 10. The number of rotatable bonds is 11. The molecule has 2 saturated carbocycles. The second-order valence-corrected chi connectivity index (χ2v) is 13.2. The molecule has 2 aromatic heterocycles. The number of carbonyl (C=O) groups is 4. The third-order valence-electron chi connectivity index (χ3n) is 8.57. The number of aliphatic carboxylic acids is 1. The van der Waals surface area contributed by atoms with E-state index in [0.717, 1.165) is 4.88 Å². The number of fused-ring (bicyclic) bond motifs is 1. The largest absolute Gasteiger partial charge is 0.479 e. The Balaban J connectivity index is 1.31. The zero-order valence-corrected chi connectivity index (χ0v) is 26.2. The zero-order valence-electron chi connectivity index (χ0n) is 25.4. The molecule has 0 spiro atoms. The van der Waals surface area contributed by atoms with Crippen LogP contribution in [0.2, 0.25) is 0 Å². The highest BCUT2D eigenvalue weighted by Crippen LogP contribution is 2.45. The Hall–Kier alpha value is -4.56. The summed E-state index contributed by atoms with van der Waals surface area (Å²) in [4.78, 5) is 64.3. The van der Waals surface area contributed by atoms with Gasteiger partial charge in [-0.2, -0.15) is 5.06 Å². The first-order valence-electron chi connectivity index (χ1n) is 15.2. The van der Waals surface area contributed by atoms with Crippen molar-refractivity contribution in [3.05, 3.63) is 54.4 Å². The minimum absolute atomic E-state index is 0.00677. The molecule has 3 fully saturated rings. The first kappa shape index (κ1) is 31.4. The molecule has 3 N–H and O–H groups in total. The number of ether oxygens (including phenoxy) is 2. The van der Waals surface area contributed by atoms with Crippen molar-refractivity contribution in [2.75, 3.05) is 6.54 Å². The number of amides is 3. The predicted molar refractivity (Wildman–Crippen MR) is 166 cm³/mol. The average molecular weight is 650 g/mol. The third-order valence-corrected chi connectivity index (χ3v) is 9.45. The van der Waals surface area contributed by atoms with Crippen LogP contribution in [0.25, 0.3) is 21.6 Å². The molecule has 242 valence electrons. The lowest BCUT2D eigenvalue weighted by Crippen LogP contribution is -2.57. The summed E-state index contributed by atoms with van der Waals surface area (Å²) in [5.74, 6) is -3.43. The van der Waals surface area contributed by atoms with Crippen LogP contribution in [0.5, 0.6) is 5.88 Å². The van der Waals surface area contributed by atoms with Crippen LogP contribution in [0.1, 0.15) is 39.5 Å². The number of thiophene rings is 1. The molecule has 0 bridgehead atoms. The Bertz CT molecular complexity index is 1680. The molecule has 1 aliphatic heterocycles. The summed E-state index contributed by atoms with van der Waals surface area (Å²) in [5.41, 5.74) is 0.230. The molecule has 1 aromatic carbocycles. The predicted octanol–water partition coefficient (Wildman–Crippen LogP) is 3.87. The van der Waals surface area contributed by atoms with Gasteiger partial charge >= 0.3 is 12.1 Å². The number of aromatic nitrogens is 2. The maximum atomic E-state index is 14.1. The highest BCUT2D eigenvalue weighted by atomic mass is 32.1. The van der Waals surface area contributed by atoms with E-state index >= 15 is 0 Å². The van der Waals surface area contributed by atoms with Gasteiger partial charge in [0.05, 0.1) is 22.5 Å². The van der Waals surface area contributed by atoms with Gasteiger partial charge in [0, 0.05) is 12.3 Å². The zero-order chi connectivity index (χ0) is 32.7. The van der Waals surface area contributed by atoms with E-state index in [9.17, 15) is 29.5 Å². The van der Waals surface area contributed by atoms with E-state index in [1.165, 1.54) is 22.3 Å². The van der Waals surface area contributed by atoms with Crippen molar-refractivity contribution in [3.63, 3.8) is 0 Å². The summed E-state index contributed by atoms with van der Waals surface area (Å²) in [7, 11) is 0. The van der Waals surface area contributed by atoms with Crippen molar-refractivity contribution in [3.8, 4) is 16.5 Å². The summed E-state index contributed by atoms with van der Waals surface area (Å²) in [6, 6.07) is 8.54. The first-order chi connectivity index (χ1) is 22.0. The Morgan fingerprint density at radius 2 is 1.85 bits per heavy atom. The summed E-state index contributed by atoms with van der Waals surface area (Å²) in [6.07, 6.45) is 0.872. The monoisotopic (exact) mass is 649 g/mol. The molecular formula is C32H35N5O8S. The van der Waals surface area contributed by atoms with Crippen molar-refractivity contribution in [1.29, 1.82) is 0 Å². The van der Waals surface area contributed by atoms with Gasteiger partial charge in [0.2, 0.25) is 17.7 Å². The van der Waals surface area contributed by atoms with Crippen LogP contribution in [0.4, 0.5) is 4.79 Å². The van der Waals surface area contributed by atoms with Gasteiger partial charge in [0.15, 0.2) is 0 Å². The van der Waals surface area contributed by atoms with E-state index in [4.69, 9.17) is 19.4 Å². The van der Waals surface area contributed by atoms with Crippen LogP contribution in [0.3, 0.4) is 0 Å². The van der Waals surface area contributed by atoms with Gasteiger partial charge < -0.3 is 24.8 Å². The van der Waals surface area contributed by atoms with Crippen LogP contribution in [0, 0.1) is 11.8 Å². The fourth-order valence-corrected chi connectivity index (χ4v) is 6.53. The minimum atomic E-state index is -1.53. The van der Waals surface area contributed by atoms with Crippen molar-refractivity contribution in [2.45, 2.75) is 69.4 Å². The number of nitrogens with zero attached hydrogens (tertiary/aromatic N) is 4. The van der Waals surface area contributed by atoms with Crippen LogP contribution < -0.4 is 10.1 Å². The number of carboxylic acid groups (broad SMARTS) is 1. The van der Waals surface area contributed by atoms with Crippen LogP contribution >= 0.6 is 11.3 Å². The lowest BCUT2D eigenvalue weighted by atomic mass is 10.0. The number of hydrogen-bond donors (Lipinski definition) is 3. The van der Waals surface area contributed by atoms with Crippen LogP contribution in [-0.4, -0.2) is 90.5 Å². The minimum Gasteiger partial charge on any atom is -0.479 e. The third kappa shape index (κ3) is 6.01. The summed E-state index contributed by atoms with van der Waals surface area (Å²) in [6.45, 7) is 6.89. The highest BCUT2D eigenvalue weighted by molar-refractivity contribution is 7.13. The van der Waals surface area contributed by atoms with Gasteiger partial charge in [0.25, 0.3) is 0 Å². The summed E-state index contributed by atoms with van der Waals surface area (Å²) < 4.78 is 11.6. The summed E-state index contributed by atoms with van der Waals surface area (Å²) >= 11 is 1.46. The lowest BCUT2D eigenvalue weighted by molar-refractivity contribution is -0.163. The second kappa shape index (κ2) is 12.3. The molecule has 3 amide bonds. The molecule has 2 unspecified atom stereocenters. The van der Waals surface area contributed by atoms with Gasteiger partial charge in [-0.25, -0.2) is 19.6 Å². The van der Waals surface area contributed by atoms with E-state index < -0.39 is 59.4 Å².